The highest BCUT2D eigenvalue weighted by atomic mass is 16.5. The number of fused-ring (bicyclic) bond motifs is 4. The number of H-pyrrole nitrogens is 2. The minimum absolute atomic E-state index is 0.0632. The number of nitrogens with one attached hydrogen (secondary N) is 4. The Kier molecular flexibility index (Phi) is 12.8. The van der Waals surface area contributed by atoms with E-state index in [2.05, 4.69) is 75.2 Å². The molecule has 4 aromatic rings. The standard InChI is InChI=1S/C50H62N8O7/c1-49(56-48(62)64-3)23-9-4-5-10-27-65-30-38-41(54-44(53-38)40-28-50(24-25-50)31-58(40)46(49)60)36-21-17-33(18-22-36)32-15-19-34(20-16-32)37-29-51-43(52-37)39-14-11-26-57(39)45(59)42(55-47(61)63-2)35-12-7-6-8-13-35/h5,10,15-22,29,35,39-40,42H,4,6-9,11-14,23-28,30-31H2,1-3H3,(H,51,52)(H,53,54)(H,55,61)(H,56,62)/t39-,40-,42-,49+/m0/s1. The first kappa shape index (κ1) is 44.3. The number of aromatic nitrogens is 4. The lowest BCUT2D eigenvalue weighted by Crippen LogP contribution is -2.57. The second-order valence-electron chi connectivity index (χ2n) is 19.0. The van der Waals surface area contributed by atoms with Gasteiger partial charge in [0.2, 0.25) is 11.8 Å². The first-order chi connectivity index (χ1) is 31.6. The molecule has 5 aliphatic rings. The van der Waals surface area contributed by atoms with Crippen LogP contribution in [0.25, 0.3) is 33.6 Å². The number of methoxy groups -OCH3 is 2. The lowest BCUT2D eigenvalue weighted by molar-refractivity contribution is -0.139. The van der Waals surface area contributed by atoms with Crippen molar-refractivity contribution in [1.29, 1.82) is 0 Å². The monoisotopic (exact) mass is 886 g/mol. The Morgan fingerprint density at radius 1 is 0.815 bits per heavy atom. The van der Waals surface area contributed by atoms with Gasteiger partial charge < -0.3 is 44.6 Å². The smallest absolute Gasteiger partial charge is 0.407 e. The number of likely N-dealkylation sites (tertiary alicyclic amines) is 1. The molecule has 2 aromatic carbocycles. The van der Waals surface area contributed by atoms with E-state index in [1.165, 1.54) is 14.2 Å². The maximum absolute atomic E-state index is 14.5. The quantitative estimate of drug-likeness (QED) is 0.126. The highest BCUT2D eigenvalue weighted by Crippen LogP contribution is 2.59. The Bertz CT molecular complexity index is 2380. The summed E-state index contributed by atoms with van der Waals surface area (Å²) in [5.41, 5.74) is 5.48. The molecule has 3 aliphatic heterocycles. The van der Waals surface area contributed by atoms with Crippen LogP contribution >= 0.6 is 0 Å². The van der Waals surface area contributed by atoms with Crippen molar-refractivity contribution in [2.75, 3.05) is 33.9 Å². The van der Waals surface area contributed by atoms with Crippen molar-refractivity contribution in [2.45, 2.75) is 121 Å². The molecule has 0 unspecified atom stereocenters. The molecule has 4 amide bonds. The van der Waals surface area contributed by atoms with Crippen LogP contribution in [0, 0.1) is 11.3 Å². The van der Waals surface area contributed by atoms with Crippen LogP contribution in [0.5, 0.6) is 0 Å². The summed E-state index contributed by atoms with van der Waals surface area (Å²) in [6.07, 6.45) is 16.3. The summed E-state index contributed by atoms with van der Waals surface area (Å²) in [7, 11) is 2.65. The van der Waals surface area contributed by atoms with Gasteiger partial charge in [-0.2, -0.15) is 0 Å². The molecule has 65 heavy (non-hydrogen) atoms. The fourth-order valence-electron chi connectivity index (χ4n) is 10.6. The fraction of sp³-hybridized carbons (Fsp3) is 0.520. The molecule has 0 radical (unpaired) electrons. The topological polar surface area (TPSA) is 184 Å². The molecular weight excluding hydrogens is 825 g/mol. The molecule has 9 rings (SSSR count). The second-order valence-corrected chi connectivity index (χ2v) is 19.0. The molecule has 4 N–H and O–H groups in total. The number of alkyl carbamates (subject to hydrolysis) is 2. The molecule has 15 nitrogen and oxygen atoms in total. The molecule has 2 aliphatic carbocycles. The van der Waals surface area contributed by atoms with Crippen LogP contribution in [0.3, 0.4) is 0 Å². The van der Waals surface area contributed by atoms with Crippen molar-refractivity contribution in [2.24, 2.45) is 11.3 Å². The highest BCUT2D eigenvalue weighted by molar-refractivity contribution is 5.90. The Hall–Kier alpha value is -5.96. The van der Waals surface area contributed by atoms with E-state index in [9.17, 15) is 19.2 Å². The summed E-state index contributed by atoms with van der Waals surface area (Å²) in [5, 5.41) is 5.76. The molecular formula is C50H62N8O7. The Labute approximate surface area is 380 Å². The summed E-state index contributed by atoms with van der Waals surface area (Å²) in [4.78, 5) is 74.4. The first-order valence-corrected chi connectivity index (χ1v) is 23.5. The number of amides is 4. The van der Waals surface area contributed by atoms with Crippen molar-refractivity contribution < 1.29 is 33.4 Å². The number of nitrogens with zero attached hydrogens (tertiary/aromatic N) is 4. The predicted octanol–water partition coefficient (Wildman–Crippen LogP) is 8.53. The largest absolute Gasteiger partial charge is 0.453 e. The third kappa shape index (κ3) is 9.43. The van der Waals surface area contributed by atoms with Crippen LogP contribution in [0.4, 0.5) is 9.59 Å². The number of carbonyl (C=O) groups is 4. The van der Waals surface area contributed by atoms with Crippen LogP contribution in [0.1, 0.15) is 120 Å². The second kappa shape index (κ2) is 18.9. The van der Waals surface area contributed by atoms with Crippen molar-refractivity contribution in [1.82, 2.24) is 40.4 Å². The third-order valence-electron chi connectivity index (χ3n) is 14.5. The van der Waals surface area contributed by atoms with Gasteiger partial charge in [-0.05, 0) is 99.2 Å². The van der Waals surface area contributed by atoms with E-state index in [-0.39, 0.29) is 35.2 Å². The summed E-state index contributed by atoms with van der Waals surface area (Å²) in [5.74, 6) is 1.39. The summed E-state index contributed by atoms with van der Waals surface area (Å²) in [6.45, 7) is 3.83. The van der Waals surface area contributed by atoms with Crippen LogP contribution in [-0.4, -0.2) is 99.2 Å². The Morgan fingerprint density at radius 2 is 1.52 bits per heavy atom. The number of hydrogen-bond acceptors (Lipinski definition) is 9. The van der Waals surface area contributed by atoms with Crippen molar-refractivity contribution in [3.8, 4) is 33.6 Å². The zero-order valence-corrected chi connectivity index (χ0v) is 37.8. The number of rotatable bonds is 8. The van der Waals surface area contributed by atoms with E-state index in [1.54, 1.807) is 0 Å². The van der Waals surface area contributed by atoms with E-state index >= 15 is 0 Å². The number of allylic oxidation sites excluding steroid dienone is 1. The zero-order chi connectivity index (χ0) is 45.1. The van der Waals surface area contributed by atoms with Crippen molar-refractivity contribution in [3.63, 3.8) is 0 Å². The van der Waals surface area contributed by atoms with Crippen LogP contribution in [0.15, 0.2) is 66.9 Å². The molecule has 5 heterocycles. The van der Waals surface area contributed by atoms with Gasteiger partial charge in [0.15, 0.2) is 0 Å². The highest BCUT2D eigenvalue weighted by Gasteiger charge is 2.56. The van der Waals surface area contributed by atoms with Gasteiger partial charge in [0, 0.05) is 18.7 Å². The van der Waals surface area contributed by atoms with Crippen molar-refractivity contribution in [3.05, 3.63) is 84.2 Å². The first-order valence-electron chi connectivity index (χ1n) is 23.5. The van der Waals surface area contributed by atoms with Crippen LogP contribution in [0.2, 0.25) is 0 Å². The molecule has 344 valence electrons. The minimum atomic E-state index is -1.13. The molecule has 4 atom stereocenters. The molecule has 4 fully saturated rings. The predicted molar refractivity (Wildman–Crippen MR) is 244 cm³/mol. The molecule has 2 aromatic heterocycles. The average Bonchev–Trinajstić information content (AvgIpc) is 3.82. The van der Waals surface area contributed by atoms with Gasteiger partial charge in [0.25, 0.3) is 0 Å². The number of aromatic amines is 2. The molecule has 2 bridgehead atoms. The van der Waals surface area contributed by atoms with Gasteiger partial charge in [0.1, 0.15) is 23.2 Å². The number of imidazole rings is 2. The van der Waals surface area contributed by atoms with E-state index in [4.69, 9.17) is 24.2 Å². The summed E-state index contributed by atoms with van der Waals surface area (Å²) < 4.78 is 16.0. The average molecular weight is 887 g/mol. The number of benzene rings is 2. The normalized spacial score (nSPS) is 23.9. The van der Waals surface area contributed by atoms with Crippen LogP contribution in [-0.2, 0) is 30.4 Å². The SMILES string of the molecule is COC(=O)N[C@H](C(=O)N1CCC[C@H]1c1ncc(-c2ccc(-c3ccc(-c4nc5[nH]c4COCC=CCCC[C@@](C)(NC(=O)OC)C(=O)N4CC6(CC6)C[C@@H]54)cc3)cc2)[nH]1)C1CCCCC1. The number of hydrogen-bond donors (Lipinski definition) is 4. The number of carbonyl (C=O) groups excluding carboxylic acids is 4. The van der Waals surface area contributed by atoms with Crippen molar-refractivity contribution >= 4 is 24.0 Å². The van der Waals surface area contributed by atoms with Gasteiger partial charge in [0.05, 0.1) is 62.8 Å². The van der Waals surface area contributed by atoms with E-state index in [0.29, 0.717) is 32.7 Å². The fourth-order valence-corrected chi connectivity index (χ4v) is 10.6. The third-order valence-corrected chi connectivity index (χ3v) is 14.5. The molecule has 2 saturated heterocycles. The van der Waals surface area contributed by atoms with Gasteiger partial charge >= 0.3 is 12.2 Å². The molecule has 1 spiro atoms. The van der Waals surface area contributed by atoms with Gasteiger partial charge in [-0.25, -0.2) is 19.6 Å². The Morgan fingerprint density at radius 3 is 2.23 bits per heavy atom. The van der Waals surface area contributed by atoms with E-state index in [0.717, 1.165) is 128 Å². The lowest BCUT2D eigenvalue weighted by Gasteiger charge is -2.35. The number of ether oxygens (including phenoxy) is 3. The van der Waals surface area contributed by atoms with E-state index < -0.39 is 23.8 Å². The summed E-state index contributed by atoms with van der Waals surface area (Å²) in [6, 6.07) is 15.6. The molecule has 15 heteroatoms. The van der Waals surface area contributed by atoms with Gasteiger partial charge in [-0.1, -0.05) is 79.9 Å². The zero-order valence-electron chi connectivity index (χ0n) is 37.8. The lowest BCUT2D eigenvalue weighted by atomic mass is 9.83. The maximum Gasteiger partial charge on any atom is 0.407 e. The van der Waals surface area contributed by atoms with Gasteiger partial charge in [-0.3, -0.25) is 9.59 Å². The molecule has 2 saturated carbocycles. The maximum atomic E-state index is 14.5. The Balaban J connectivity index is 0.919. The van der Waals surface area contributed by atoms with Crippen LogP contribution < -0.4 is 10.6 Å². The minimum Gasteiger partial charge on any atom is -0.453 e. The van der Waals surface area contributed by atoms with E-state index in [1.807, 2.05) is 29.0 Å². The van der Waals surface area contributed by atoms with Gasteiger partial charge in [-0.15, -0.1) is 0 Å². The summed E-state index contributed by atoms with van der Waals surface area (Å²) >= 11 is 0.